The number of carbonyl (C=O) groups is 1. The fourth-order valence-electron chi connectivity index (χ4n) is 3.77. The van der Waals surface area contributed by atoms with Crippen LogP contribution in [0.2, 0.25) is 0 Å². The zero-order valence-electron chi connectivity index (χ0n) is 16.0. The molecule has 0 radical (unpaired) electrons. The molecule has 9 heteroatoms. The van der Waals surface area contributed by atoms with E-state index < -0.39 is 33.7 Å². The van der Waals surface area contributed by atoms with Crippen molar-refractivity contribution in [3.05, 3.63) is 83.9 Å². The molecule has 0 fully saturated rings. The summed E-state index contributed by atoms with van der Waals surface area (Å²) in [6, 6.07) is 15.8. The molecule has 0 aliphatic carbocycles. The lowest BCUT2D eigenvalue weighted by atomic mass is 9.99. The molecule has 0 aromatic heterocycles. The summed E-state index contributed by atoms with van der Waals surface area (Å²) in [6.45, 7) is 0. The minimum atomic E-state index is -4.55. The van der Waals surface area contributed by atoms with Crippen LogP contribution < -0.4 is 10.0 Å². The number of sulfonamides is 1. The summed E-state index contributed by atoms with van der Waals surface area (Å²) < 4.78 is 67.6. The SMILES string of the molecule is NC(=O)[C@@H]1Cc2ccccc2N1S(=O)(=O)c1ccc(-c2ccccc2C(F)(F)F)cc1. The highest BCUT2D eigenvalue weighted by molar-refractivity contribution is 7.93. The molecule has 0 saturated carbocycles. The summed E-state index contributed by atoms with van der Waals surface area (Å²) in [4.78, 5) is 11.8. The molecule has 3 aromatic rings. The fraction of sp³-hybridized carbons (Fsp3) is 0.136. The number of hydrogen-bond donors (Lipinski definition) is 1. The number of benzene rings is 3. The Bertz CT molecular complexity index is 1260. The van der Waals surface area contributed by atoms with E-state index in [1.165, 1.54) is 42.5 Å². The Morgan fingerprint density at radius 1 is 0.935 bits per heavy atom. The van der Waals surface area contributed by atoms with Gasteiger partial charge in [-0.25, -0.2) is 8.42 Å². The van der Waals surface area contributed by atoms with Crippen LogP contribution in [0.3, 0.4) is 0 Å². The monoisotopic (exact) mass is 446 g/mol. The van der Waals surface area contributed by atoms with Crippen molar-refractivity contribution in [2.45, 2.75) is 23.5 Å². The molecule has 1 heterocycles. The molecule has 0 saturated heterocycles. The van der Waals surface area contributed by atoms with Crippen molar-refractivity contribution in [1.29, 1.82) is 0 Å². The van der Waals surface area contributed by atoms with Crippen LogP contribution in [0.1, 0.15) is 11.1 Å². The molecule has 3 aromatic carbocycles. The summed E-state index contributed by atoms with van der Waals surface area (Å²) >= 11 is 0. The Balaban J connectivity index is 1.76. The second-order valence-electron chi connectivity index (χ2n) is 7.12. The molecule has 2 N–H and O–H groups in total. The number of carbonyl (C=O) groups excluding carboxylic acids is 1. The molecule has 1 atom stereocenters. The van der Waals surface area contributed by atoms with Gasteiger partial charge in [-0.1, -0.05) is 48.5 Å². The minimum Gasteiger partial charge on any atom is -0.368 e. The number of anilines is 1. The first-order valence-electron chi connectivity index (χ1n) is 9.29. The van der Waals surface area contributed by atoms with E-state index in [9.17, 15) is 26.4 Å². The van der Waals surface area contributed by atoms with Gasteiger partial charge in [-0.05, 0) is 41.0 Å². The third-order valence-corrected chi connectivity index (χ3v) is 7.05. The van der Waals surface area contributed by atoms with Crippen molar-refractivity contribution in [2.24, 2.45) is 5.73 Å². The molecular weight excluding hydrogens is 429 g/mol. The number of nitrogens with two attached hydrogens (primary N) is 1. The maximum absolute atomic E-state index is 13.3. The Hall–Kier alpha value is -3.33. The van der Waals surface area contributed by atoms with Gasteiger partial charge in [0.1, 0.15) is 6.04 Å². The highest BCUT2D eigenvalue weighted by Crippen LogP contribution is 2.39. The molecule has 1 amide bonds. The van der Waals surface area contributed by atoms with E-state index in [0.29, 0.717) is 11.3 Å². The molecule has 1 aliphatic heterocycles. The smallest absolute Gasteiger partial charge is 0.368 e. The Morgan fingerprint density at radius 2 is 1.55 bits per heavy atom. The molecule has 0 spiro atoms. The van der Waals surface area contributed by atoms with Gasteiger partial charge in [0.15, 0.2) is 0 Å². The second-order valence-corrected chi connectivity index (χ2v) is 8.93. The number of hydrogen-bond acceptors (Lipinski definition) is 3. The highest BCUT2D eigenvalue weighted by Gasteiger charge is 2.41. The van der Waals surface area contributed by atoms with Crippen LogP contribution in [0.4, 0.5) is 18.9 Å². The van der Waals surface area contributed by atoms with Gasteiger partial charge in [0.25, 0.3) is 10.0 Å². The Morgan fingerprint density at radius 3 is 2.19 bits per heavy atom. The average molecular weight is 446 g/mol. The van der Waals surface area contributed by atoms with Gasteiger partial charge < -0.3 is 5.73 Å². The van der Waals surface area contributed by atoms with Crippen molar-refractivity contribution >= 4 is 21.6 Å². The van der Waals surface area contributed by atoms with Crippen molar-refractivity contribution in [1.82, 2.24) is 0 Å². The molecular formula is C22H17F3N2O3S. The number of alkyl halides is 3. The van der Waals surface area contributed by atoms with Crippen molar-refractivity contribution in [2.75, 3.05) is 4.31 Å². The molecule has 0 bridgehead atoms. The number of fused-ring (bicyclic) bond motifs is 1. The molecule has 31 heavy (non-hydrogen) atoms. The fourth-order valence-corrected chi connectivity index (χ4v) is 5.43. The predicted octanol–water partition coefficient (Wildman–Crippen LogP) is 3.98. The van der Waals surface area contributed by atoms with Crippen LogP contribution in [-0.4, -0.2) is 20.4 Å². The lowest BCUT2D eigenvalue weighted by Crippen LogP contribution is -2.45. The molecule has 1 aliphatic rings. The first-order chi connectivity index (χ1) is 14.6. The predicted molar refractivity (Wildman–Crippen MR) is 110 cm³/mol. The molecule has 5 nitrogen and oxygen atoms in total. The van der Waals surface area contributed by atoms with E-state index in [2.05, 4.69) is 0 Å². The van der Waals surface area contributed by atoms with E-state index in [4.69, 9.17) is 5.73 Å². The lowest BCUT2D eigenvalue weighted by molar-refractivity contribution is -0.137. The summed E-state index contributed by atoms with van der Waals surface area (Å²) in [6.07, 6.45) is -4.39. The summed E-state index contributed by atoms with van der Waals surface area (Å²) in [5.41, 5.74) is 5.83. The van der Waals surface area contributed by atoms with Crippen molar-refractivity contribution < 1.29 is 26.4 Å². The quantitative estimate of drug-likeness (QED) is 0.658. The second kappa shape index (κ2) is 7.42. The number of rotatable bonds is 4. The van der Waals surface area contributed by atoms with E-state index in [1.54, 1.807) is 24.3 Å². The van der Waals surface area contributed by atoms with Gasteiger partial charge in [0.05, 0.1) is 16.1 Å². The van der Waals surface area contributed by atoms with Gasteiger partial charge in [0, 0.05) is 6.42 Å². The zero-order valence-corrected chi connectivity index (χ0v) is 16.8. The van der Waals surface area contributed by atoms with Gasteiger partial charge in [-0.2, -0.15) is 13.2 Å². The number of nitrogens with zero attached hydrogens (tertiary/aromatic N) is 1. The Kier molecular flexibility index (Phi) is 5.01. The van der Waals surface area contributed by atoms with Gasteiger partial charge in [-0.3, -0.25) is 9.10 Å². The normalized spacial score (nSPS) is 16.2. The van der Waals surface area contributed by atoms with Crippen LogP contribution >= 0.6 is 0 Å². The van der Waals surface area contributed by atoms with Crippen LogP contribution in [0.15, 0.2) is 77.7 Å². The summed E-state index contributed by atoms with van der Waals surface area (Å²) in [7, 11) is -4.17. The summed E-state index contributed by atoms with van der Waals surface area (Å²) in [5, 5.41) is 0. The van der Waals surface area contributed by atoms with E-state index in [0.717, 1.165) is 10.4 Å². The summed E-state index contributed by atoms with van der Waals surface area (Å²) in [5.74, 6) is -0.782. The average Bonchev–Trinajstić information content (AvgIpc) is 3.14. The number of amides is 1. The van der Waals surface area contributed by atoms with Gasteiger partial charge in [0.2, 0.25) is 5.91 Å². The van der Waals surface area contributed by atoms with E-state index in [-0.39, 0.29) is 22.4 Å². The van der Waals surface area contributed by atoms with Crippen LogP contribution in [0.25, 0.3) is 11.1 Å². The van der Waals surface area contributed by atoms with Gasteiger partial charge >= 0.3 is 6.18 Å². The number of para-hydroxylation sites is 1. The van der Waals surface area contributed by atoms with Crippen LogP contribution in [-0.2, 0) is 27.4 Å². The third kappa shape index (κ3) is 3.65. The number of primary amides is 1. The largest absolute Gasteiger partial charge is 0.417 e. The zero-order chi connectivity index (χ0) is 22.4. The first kappa shape index (κ1) is 20.9. The van der Waals surface area contributed by atoms with E-state index >= 15 is 0 Å². The highest BCUT2D eigenvalue weighted by atomic mass is 32.2. The Labute approximate surface area is 177 Å². The van der Waals surface area contributed by atoms with Crippen LogP contribution in [0.5, 0.6) is 0 Å². The van der Waals surface area contributed by atoms with Crippen molar-refractivity contribution in [3.63, 3.8) is 0 Å². The topological polar surface area (TPSA) is 80.5 Å². The molecule has 4 rings (SSSR count). The van der Waals surface area contributed by atoms with Gasteiger partial charge in [-0.15, -0.1) is 0 Å². The maximum Gasteiger partial charge on any atom is 0.417 e. The maximum atomic E-state index is 13.3. The minimum absolute atomic E-state index is 0.0551. The van der Waals surface area contributed by atoms with Crippen LogP contribution in [0, 0.1) is 0 Å². The molecule has 160 valence electrons. The first-order valence-corrected chi connectivity index (χ1v) is 10.7. The lowest BCUT2D eigenvalue weighted by Gasteiger charge is -2.25. The molecule has 0 unspecified atom stereocenters. The third-order valence-electron chi connectivity index (χ3n) is 5.21. The van der Waals surface area contributed by atoms with Crippen molar-refractivity contribution in [3.8, 4) is 11.1 Å². The number of halogens is 3. The van der Waals surface area contributed by atoms with E-state index in [1.807, 2.05) is 0 Å². The standard InChI is InChI=1S/C22H17F3N2O3S/c23-22(24,25)18-7-3-2-6-17(18)14-9-11-16(12-10-14)31(29,30)27-19-8-4-1-5-15(19)13-20(27)21(26)28/h1-12,20H,13H2,(H2,26,28)/t20-/m0/s1.